The Kier molecular flexibility index (Phi) is 16.0. The van der Waals surface area contributed by atoms with Gasteiger partial charge in [0, 0.05) is 46.9 Å². The van der Waals surface area contributed by atoms with Crippen LogP contribution in [-0.4, -0.2) is 11.6 Å². The summed E-state index contributed by atoms with van der Waals surface area (Å²) in [6, 6.07) is 0. The van der Waals surface area contributed by atoms with Gasteiger partial charge >= 0.3 is 0 Å². The van der Waals surface area contributed by atoms with Crippen molar-refractivity contribution in [1.82, 2.24) is 0 Å². The monoisotopic (exact) mass is 294 g/mol. The van der Waals surface area contributed by atoms with Gasteiger partial charge in [0.25, 0.3) is 0 Å². The van der Waals surface area contributed by atoms with E-state index in [9.17, 15) is 9.59 Å². The summed E-state index contributed by atoms with van der Waals surface area (Å²) in [6.45, 7) is 2.81. The molecule has 0 aliphatic carbocycles. The molecule has 9 heavy (non-hydrogen) atoms. The van der Waals surface area contributed by atoms with E-state index in [0.29, 0.717) is 0 Å². The SMILES string of the molecule is CC(=O)CC(C)=O.F.[Yb]. The second-order valence-corrected chi connectivity index (χ2v) is 1.58. The first kappa shape index (κ1) is 16.4. The Balaban J connectivity index is -0.000000180. The summed E-state index contributed by atoms with van der Waals surface area (Å²) in [4.78, 5) is 20.1. The van der Waals surface area contributed by atoms with Crippen molar-refractivity contribution in [2.45, 2.75) is 20.3 Å². The van der Waals surface area contributed by atoms with Gasteiger partial charge in [-0.3, -0.25) is 14.3 Å². The van der Waals surface area contributed by atoms with Crippen molar-refractivity contribution in [1.29, 1.82) is 0 Å². The molecule has 0 aromatic heterocycles. The second-order valence-electron chi connectivity index (χ2n) is 1.58. The van der Waals surface area contributed by atoms with Crippen molar-refractivity contribution in [2.24, 2.45) is 0 Å². The molecule has 0 N–H and O–H groups in total. The normalized spacial score (nSPS) is 6.44. The first-order valence-electron chi connectivity index (χ1n) is 2.12. The molecule has 0 saturated heterocycles. The van der Waals surface area contributed by atoms with Gasteiger partial charge < -0.3 is 0 Å². The van der Waals surface area contributed by atoms with Crippen LogP contribution in [0.5, 0.6) is 0 Å². The maximum Gasteiger partial charge on any atom is 0.137 e. The Morgan fingerprint density at radius 1 is 1.11 bits per heavy atom. The van der Waals surface area contributed by atoms with Gasteiger partial charge in [-0.05, 0) is 13.8 Å². The molecule has 0 spiro atoms. The summed E-state index contributed by atoms with van der Waals surface area (Å²) >= 11 is 0. The van der Waals surface area contributed by atoms with Crippen LogP contribution < -0.4 is 0 Å². The quantitative estimate of drug-likeness (QED) is 0.703. The number of Topliss-reactive ketones (excluding diaryl/α,β-unsaturated/α-hetero) is 2. The fourth-order valence-electron chi connectivity index (χ4n) is 0.351. The smallest absolute Gasteiger partial charge is 0.137 e. The minimum Gasteiger partial charge on any atom is -0.300 e. The Hall–Kier alpha value is 0.789. The number of ketones is 2. The third-order valence-corrected chi connectivity index (χ3v) is 0.498. The third-order valence-electron chi connectivity index (χ3n) is 0.498. The molecule has 0 bridgehead atoms. The van der Waals surface area contributed by atoms with Gasteiger partial charge in [-0.15, -0.1) is 0 Å². The molecule has 0 rings (SSSR count). The number of hydrogen-bond donors (Lipinski definition) is 0. The number of hydrogen-bond acceptors (Lipinski definition) is 2. The molecule has 0 aromatic rings. The van der Waals surface area contributed by atoms with E-state index in [1.165, 1.54) is 13.8 Å². The molecule has 0 saturated carbocycles. The Morgan fingerprint density at radius 2 is 1.33 bits per heavy atom. The third kappa shape index (κ3) is 17.7. The molecule has 0 heterocycles. The predicted molar refractivity (Wildman–Crippen MR) is 28.5 cm³/mol. The van der Waals surface area contributed by atoms with E-state index < -0.39 is 0 Å². The topological polar surface area (TPSA) is 34.1 Å². The molecule has 0 fully saturated rings. The van der Waals surface area contributed by atoms with E-state index in [4.69, 9.17) is 0 Å². The molecule has 2 nitrogen and oxygen atoms in total. The molecule has 0 aromatic carbocycles. The molecule has 0 aliphatic heterocycles. The fraction of sp³-hybridized carbons (Fsp3) is 0.600. The zero-order chi connectivity index (χ0) is 5.86. The summed E-state index contributed by atoms with van der Waals surface area (Å²) in [5.41, 5.74) is 0. The van der Waals surface area contributed by atoms with Crippen LogP contribution in [0, 0.1) is 46.9 Å². The Bertz CT molecular complexity index is 91.1. The number of carbonyl (C=O) groups excluding carboxylic acids is 2. The number of carbonyl (C=O) groups is 2. The average Bonchev–Trinajstić information content (AvgIpc) is 1.27. The van der Waals surface area contributed by atoms with E-state index >= 15 is 0 Å². The van der Waals surface area contributed by atoms with Crippen molar-refractivity contribution in [2.75, 3.05) is 0 Å². The van der Waals surface area contributed by atoms with Crippen molar-refractivity contribution >= 4 is 11.6 Å². The summed E-state index contributed by atoms with van der Waals surface area (Å²) in [5.74, 6) is -0.125. The molecule has 0 aliphatic rings. The molecule has 62 valence electrons. The van der Waals surface area contributed by atoms with E-state index in [1.54, 1.807) is 0 Å². The van der Waals surface area contributed by atoms with Crippen LogP contribution in [0.1, 0.15) is 20.3 Å². The molecular weight excluding hydrogens is 284 g/mol. The minimum absolute atomic E-state index is 0. The standard InChI is InChI=1S/C5H8O2.FH.Yb/c1-4(6)3-5(2)7;;/h3H2,1-2H3;1H;. The molecule has 0 radical (unpaired) electrons. The summed E-state index contributed by atoms with van der Waals surface area (Å²) < 4.78 is 0. The van der Waals surface area contributed by atoms with Crippen LogP contribution in [0.2, 0.25) is 0 Å². The summed E-state index contributed by atoms with van der Waals surface area (Å²) in [6.07, 6.45) is 0.0833. The number of rotatable bonds is 2. The van der Waals surface area contributed by atoms with E-state index in [0.717, 1.165) is 0 Å². The van der Waals surface area contributed by atoms with Crippen molar-refractivity contribution in [3.63, 3.8) is 0 Å². The Labute approximate surface area is 92.0 Å². The molecular formula is C5H9FO2Yb. The Morgan fingerprint density at radius 3 is 1.33 bits per heavy atom. The van der Waals surface area contributed by atoms with Gasteiger partial charge in [0.05, 0.1) is 6.42 Å². The van der Waals surface area contributed by atoms with Gasteiger partial charge in [0.15, 0.2) is 0 Å². The number of halogens is 1. The molecule has 0 unspecified atom stereocenters. The van der Waals surface area contributed by atoms with Crippen LogP contribution >= 0.6 is 0 Å². The van der Waals surface area contributed by atoms with E-state index in [-0.39, 0.29) is 69.6 Å². The van der Waals surface area contributed by atoms with Crippen LogP contribution in [0.15, 0.2) is 0 Å². The maximum absolute atomic E-state index is 10.0. The van der Waals surface area contributed by atoms with Crippen LogP contribution in [0.3, 0.4) is 0 Å². The average molecular weight is 293 g/mol. The minimum atomic E-state index is -0.0625. The fourth-order valence-corrected chi connectivity index (χ4v) is 0.351. The predicted octanol–water partition coefficient (Wildman–Crippen LogP) is 0.707. The van der Waals surface area contributed by atoms with Gasteiger partial charge in [0.1, 0.15) is 11.6 Å². The van der Waals surface area contributed by atoms with Crippen LogP contribution in [0.25, 0.3) is 0 Å². The zero-order valence-corrected chi connectivity index (χ0v) is 6.91. The first-order chi connectivity index (χ1) is 3.13. The van der Waals surface area contributed by atoms with E-state index in [2.05, 4.69) is 0 Å². The van der Waals surface area contributed by atoms with Gasteiger partial charge in [-0.1, -0.05) is 0 Å². The van der Waals surface area contributed by atoms with Gasteiger partial charge in [0.2, 0.25) is 0 Å². The largest absolute Gasteiger partial charge is 0.300 e. The van der Waals surface area contributed by atoms with Gasteiger partial charge in [-0.2, -0.15) is 0 Å². The first-order valence-corrected chi connectivity index (χ1v) is 2.12. The zero-order valence-electron chi connectivity index (χ0n) is 5.20. The molecule has 4 heteroatoms. The molecule has 0 amide bonds. The van der Waals surface area contributed by atoms with Crippen molar-refractivity contribution < 1.29 is 61.2 Å². The van der Waals surface area contributed by atoms with E-state index in [1.807, 2.05) is 0 Å². The van der Waals surface area contributed by atoms with Crippen molar-refractivity contribution in [3.05, 3.63) is 0 Å². The summed E-state index contributed by atoms with van der Waals surface area (Å²) in [7, 11) is 0. The van der Waals surface area contributed by atoms with Gasteiger partial charge in [-0.25, -0.2) is 0 Å². The van der Waals surface area contributed by atoms with Crippen LogP contribution in [-0.2, 0) is 9.59 Å². The summed E-state index contributed by atoms with van der Waals surface area (Å²) in [5, 5.41) is 0. The second kappa shape index (κ2) is 8.79. The maximum atomic E-state index is 10.0. The van der Waals surface area contributed by atoms with Crippen LogP contribution in [0.4, 0.5) is 4.70 Å². The van der Waals surface area contributed by atoms with Crippen molar-refractivity contribution in [3.8, 4) is 0 Å². The molecule has 0 atom stereocenters.